The minimum Gasteiger partial charge on any atom is -0.478 e. The molecule has 1 aliphatic heterocycles. The lowest BCUT2D eigenvalue weighted by Crippen LogP contribution is -2.28. The number of anilines is 1. The van der Waals surface area contributed by atoms with Crippen molar-refractivity contribution in [1.82, 2.24) is 5.16 Å². The molecule has 0 atom stereocenters. The fourth-order valence-corrected chi connectivity index (χ4v) is 2.65. The highest BCUT2D eigenvalue weighted by molar-refractivity contribution is 5.88. The number of carboxylic acids is 1. The molecule has 0 bridgehead atoms. The molecule has 20 heavy (non-hydrogen) atoms. The first-order chi connectivity index (χ1) is 9.63. The molecule has 0 amide bonds. The van der Waals surface area contributed by atoms with Gasteiger partial charge in [0.2, 0.25) is 0 Å². The van der Waals surface area contributed by atoms with E-state index in [-0.39, 0.29) is 0 Å². The Labute approximate surface area is 116 Å². The van der Waals surface area contributed by atoms with E-state index >= 15 is 0 Å². The van der Waals surface area contributed by atoms with Gasteiger partial charge in [-0.15, -0.1) is 0 Å². The molecule has 1 aromatic heterocycles. The van der Waals surface area contributed by atoms with E-state index in [0.29, 0.717) is 12.1 Å². The number of carboxylic acid groups (broad SMARTS) is 1. The molecular formula is C15H16N2O3. The van der Waals surface area contributed by atoms with E-state index < -0.39 is 5.97 Å². The highest BCUT2D eigenvalue weighted by Gasteiger charge is 2.19. The molecule has 5 heteroatoms. The van der Waals surface area contributed by atoms with Crippen molar-refractivity contribution in [2.75, 3.05) is 11.4 Å². The van der Waals surface area contributed by atoms with E-state index in [9.17, 15) is 4.79 Å². The molecule has 0 spiro atoms. The Hall–Kier alpha value is -2.30. The van der Waals surface area contributed by atoms with Gasteiger partial charge in [-0.1, -0.05) is 5.16 Å². The standard InChI is InChI=1S/C15H16N2O3/c1-10-7-13(20-16-10)9-17-6-2-3-11-8-12(15(18)19)4-5-14(11)17/h4-5,7-8H,2-3,6,9H2,1H3,(H,18,19). The SMILES string of the molecule is Cc1cc(CN2CCCc3cc(C(=O)O)ccc32)on1. The maximum Gasteiger partial charge on any atom is 0.335 e. The smallest absolute Gasteiger partial charge is 0.335 e. The van der Waals surface area contributed by atoms with Crippen LogP contribution in [0.1, 0.15) is 33.8 Å². The maximum atomic E-state index is 11.0. The molecule has 1 N–H and O–H groups in total. The van der Waals surface area contributed by atoms with Crippen molar-refractivity contribution < 1.29 is 14.4 Å². The Morgan fingerprint density at radius 2 is 2.30 bits per heavy atom. The molecule has 3 rings (SSSR count). The van der Waals surface area contributed by atoms with Gasteiger partial charge in [-0.05, 0) is 43.5 Å². The molecule has 0 aliphatic carbocycles. The summed E-state index contributed by atoms with van der Waals surface area (Å²) < 4.78 is 5.26. The maximum absolute atomic E-state index is 11.0. The van der Waals surface area contributed by atoms with E-state index in [0.717, 1.165) is 42.1 Å². The zero-order chi connectivity index (χ0) is 14.1. The largest absolute Gasteiger partial charge is 0.478 e. The quantitative estimate of drug-likeness (QED) is 0.930. The first-order valence-electron chi connectivity index (χ1n) is 6.67. The van der Waals surface area contributed by atoms with Crippen LogP contribution in [-0.4, -0.2) is 22.8 Å². The first kappa shape index (κ1) is 12.7. The average Bonchev–Trinajstić information content (AvgIpc) is 2.84. The second kappa shape index (κ2) is 5.00. The van der Waals surface area contributed by atoms with Crippen molar-refractivity contribution in [3.63, 3.8) is 0 Å². The van der Waals surface area contributed by atoms with Gasteiger partial charge in [0.25, 0.3) is 0 Å². The van der Waals surface area contributed by atoms with Gasteiger partial charge in [0.05, 0.1) is 17.8 Å². The number of aromatic nitrogens is 1. The molecule has 0 fully saturated rings. The molecule has 0 saturated carbocycles. The summed E-state index contributed by atoms with van der Waals surface area (Å²) in [5.74, 6) is -0.0477. The lowest BCUT2D eigenvalue weighted by molar-refractivity contribution is 0.0696. The van der Waals surface area contributed by atoms with Crippen LogP contribution in [0.5, 0.6) is 0 Å². The molecule has 2 heterocycles. The summed E-state index contributed by atoms with van der Waals surface area (Å²) in [4.78, 5) is 13.2. The summed E-state index contributed by atoms with van der Waals surface area (Å²) >= 11 is 0. The third kappa shape index (κ3) is 2.39. The molecule has 1 aromatic carbocycles. The second-order valence-corrected chi connectivity index (χ2v) is 5.11. The van der Waals surface area contributed by atoms with Gasteiger partial charge in [0, 0.05) is 18.3 Å². The van der Waals surface area contributed by atoms with Crippen LogP contribution in [0.15, 0.2) is 28.8 Å². The number of rotatable bonds is 3. The highest BCUT2D eigenvalue weighted by Crippen LogP contribution is 2.29. The van der Waals surface area contributed by atoms with Crippen LogP contribution in [0.3, 0.4) is 0 Å². The van der Waals surface area contributed by atoms with E-state index in [2.05, 4.69) is 10.1 Å². The predicted molar refractivity (Wildman–Crippen MR) is 74.0 cm³/mol. The number of aromatic carboxylic acids is 1. The minimum absolute atomic E-state index is 0.348. The number of hydrogen-bond acceptors (Lipinski definition) is 4. The van der Waals surface area contributed by atoms with Crippen molar-refractivity contribution in [2.45, 2.75) is 26.3 Å². The molecule has 0 unspecified atom stereocenters. The Morgan fingerprint density at radius 1 is 1.45 bits per heavy atom. The zero-order valence-corrected chi connectivity index (χ0v) is 11.3. The molecule has 0 radical (unpaired) electrons. The fraction of sp³-hybridized carbons (Fsp3) is 0.333. The summed E-state index contributed by atoms with van der Waals surface area (Å²) in [6, 6.07) is 7.25. The normalized spacial score (nSPS) is 14.2. The van der Waals surface area contributed by atoms with Gasteiger partial charge in [-0.2, -0.15) is 0 Å². The Balaban J connectivity index is 1.88. The summed E-state index contributed by atoms with van der Waals surface area (Å²) in [5, 5.41) is 12.9. The summed E-state index contributed by atoms with van der Waals surface area (Å²) in [5.41, 5.74) is 3.40. The zero-order valence-electron chi connectivity index (χ0n) is 11.3. The van der Waals surface area contributed by atoms with Crippen LogP contribution < -0.4 is 4.90 Å². The highest BCUT2D eigenvalue weighted by atomic mass is 16.5. The van der Waals surface area contributed by atoms with Crippen LogP contribution in [-0.2, 0) is 13.0 Å². The molecular weight excluding hydrogens is 256 g/mol. The minimum atomic E-state index is -0.879. The van der Waals surface area contributed by atoms with E-state index in [4.69, 9.17) is 9.63 Å². The first-order valence-corrected chi connectivity index (χ1v) is 6.67. The van der Waals surface area contributed by atoms with E-state index in [1.807, 2.05) is 19.1 Å². The molecule has 2 aromatic rings. The van der Waals surface area contributed by atoms with Crippen LogP contribution in [0.2, 0.25) is 0 Å². The lowest BCUT2D eigenvalue weighted by atomic mass is 9.99. The number of carbonyl (C=O) groups is 1. The van der Waals surface area contributed by atoms with Crippen molar-refractivity contribution in [1.29, 1.82) is 0 Å². The summed E-state index contributed by atoms with van der Waals surface area (Å²) in [6.07, 6.45) is 1.94. The van der Waals surface area contributed by atoms with Crippen LogP contribution in [0.25, 0.3) is 0 Å². The third-order valence-electron chi connectivity index (χ3n) is 3.56. The molecule has 0 saturated heterocycles. The van der Waals surface area contributed by atoms with Gasteiger partial charge < -0.3 is 14.5 Å². The van der Waals surface area contributed by atoms with Gasteiger partial charge in [-0.3, -0.25) is 0 Å². The van der Waals surface area contributed by atoms with Crippen molar-refractivity contribution in [3.05, 3.63) is 46.8 Å². The third-order valence-corrected chi connectivity index (χ3v) is 3.56. The molecule has 104 valence electrons. The number of benzene rings is 1. The van der Waals surface area contributed by atoms with Crippen LogP contribution >= 0.6 is 0 Å². The Morgan fingerprint density at radius 3 is 3.00 bits per heavy atom. The predicted octanol–water partition coefficient (Wildman–Crippen LogP) is 2.63. The lowest BCUT2D eigenvalue weighted by Gasteiger charge is -2.30. The monoisotopic (exact) mass is 272 g/mol. The van der Waals surface area contributed by atoms with Crippen LogP contribution in [0, 0.1) is 6.92 Å². The van der Waals surface area contributed by atoms with Crippen molar-refractivity contribution in [2.24, 2.45) is 0 Å². The van der Waals surface area contributed by atoms with E-state index in [1.54, 1.807) is 12.1 Å². The number of nitrogens with zero attached hydrogens (tertiary/aromatic N) is 2. The Bertz CT molecular complexity index is 648. The topological polar surface area (TPSA) is 66.6 Å². The van der Waals surface area contributed by atoms with Gasteiger partial charge in [0.15, 0.2) is 5.76 Å². The molecule has 5 nitrogen and oxygen atoms in total. The number of aryl methyl sites for hydroxylation is 2. The second-order valence-electron chi connectivity index (χ2n) is 5.11. The van der Waals surface area contributed by atoms with Gasteiger partial charge in [0.1, 0.15) is 0 Å². The van der Waals surface area contributed by atoms with Crippen LogP contribution in [0.4, 0.5) is 5.69 Å². The Kier molecular flexibility index (Phi) is 3.18. The fourth-order valence-electron chi connectivity index (χ4n) is 2.65. The van der Waals surface area contributed by atoms with Crippen molar-refractivity contribution >= 4 is 11.7 Å². The van der Waals surface area contributed by atoms with E-state index in [1.165, 1.54) is 0 Å². The molecule has 1 aliphatic rings. The van der Waals surface area contributed by atoms with Gasteiger partial charge in [-0.25, -0.2) is 4.79 Å². The average molecular weight is 272 g/mol. The van der Waals surface area contributed by atoms with Crippen molar-refractivity contribution in [3.8, 4) is 0 Å². The summed E-state index contributed by atoms with van der Waals surface area (Å²) in [7, 11) is 0. The number of fused-ring (bicyclic) bond motifs is 1. The summed E-state index contributed by atoms with van der Waals surface area (Å²) in [6.45, 7) is 3.51. The number of hydrogen-bond donors (Lipinski definition) is 1. The van der Waals surface area contributed by atoms with Gasteiger partial charge >= 0.3 is 5.97 Å².